The Morgan fingerprint density at radius 3 is 2.17 bits per heavy atom. The highest BCUT2D eigenvalue weighted by molar-refractivity contribution is 5.57. The SMILES string of the molecule is CC(=Cc1ccccc1)C(O)(c1cccc(O)c1)C(C)(C)N(C)C. The molecule has 0 aliphatic heterocycles. The second-order valence-electron chi connectivity index (χ2n) is 6.95. The zero-order valence-electron chi connectivity index (χ0n) is 15.1. The summed E-state index contributed by atoms with van der Waals surface area (Å²) in [6.45, 7) is 5.93. The van der Waals surface area contributed by atoms with Crippen LogP contribution in [0.4, 0.5) is 0 Å². The third-order valence-corrected chi connectivity index (χ3v) is 5.02. The van der Waals surface area contributed by atoms with E-state index in [-0.39, 0.29) is 5.75 Å². The lowest BCUT2D eigenvalue weighted by Crippen LogP contribution is -2.57. The number of aromatic hydroxyl groups is 1. The molecule has 0 radical (unpaired) electrons. The number of nitrogens with zero attached hydrogens (tertiary/aromatic N) is 1. The summed E-state index contributed by atoms with van der Waals surface area (Å²) in [7, 11) is 3.90. The van der Waals surface area contributed by atoms with E-state index in [0.717, 1.165) is 11.1 Å². The van der Waals surface area contributed by atoms with E-state index in [1.807, 2.05) is 82.2 Å². The van der Waals surface area contributed by atoms with Crippen molar-refractivity contribution in [1.29, 1.82) is 0 Å². The van der Waals surface area contributed by atoms with Crippen LogP contribution in [-0.4, -0.2) is 34.7 Å². The van der Waals surface area contributed by atoms with Gasteiger partial charge in [-0.3, -0.25) is 0 Å². The molecule has 24 heavy (non-hydrogen) atoms. The van der Waals surface area contributed by atoms with Gasteiger partial charge in [0.25, 0.3) is 0 Å². The van der Waals surface area contributed by atoms with Crippen LogP contribution in [0.2, 0.25) is 0 Å². The first-order valence-corrected chi connectivity index (χ1v) is 8.12. The quantitative estimate of drug-likeness (QED) is 0.872. The molecule has 0 aliphatic carbocycles. The Bertz CT molecular complexity index is 720. The van der Waals surface area contributed by atoms with Gasteiger partial charge in [0.1, 0.15) is 11.4 Å². The van der Waals surface area contributed by atoms with Crippen LogP contribution in [0.15, 0.2) is 60.2 Å². The van der Waals surface area contributed by atoms with Crippen molar-refractivity contribution in [2.24, 2.45) is 0 Å². The van der Waals surface area contributed by atoms with Crippen molar-refractivity contribution in [3.8, 4) is 5.75 Å². The highest BCUT2D eigenvalue weighted by atomic mass is 16.3. The van der Waals surface area contributed by atoms with Gasteiger partial charge in [-0.25, -0.2) is 0 Å². The lowest BCUT2D eigenvalue weighted by molar-refractivity contribution is -0.0578. The smallest absolute Gasteiger partial charge is 0.129 e. The normalized spacial score (nSPS) is 15.4. The van der Waals surface area contributed by atoms with Crippen molar-refractivity contribution in [2.75, 3.05) is 14.1 Å². The van der Waals surface area contributed by atoms with Gasteiger partial charge < -0.3 is 15.1 Å². The second kappa shape index (κ2) is 6.80. The van der Waals surface area contributed by atoms with E-state index < -0.39 is 11.1 Å². The number of hydrogen-bond donors (Lipinski definition) is 2. The fourth-order valence-corrected chi connectivity index (χ4v) is 3.02. The summed E-state index contributed by atoms with van der Waals surface area (Å²) in [5, 5.41) is 21.7. The third kappa shape index (κ3) is 3.23. The van der Waals surface area contributed by atoms with Gasteiger partial charge in [0, 0.05) is 0 Å². The Morgan fingerprint density at radius 2 is 1.62 bits per heavy atom. The number of likely N-dealkylation sites (N-methyl/N-ethyl adjacent to an activating group) is 1. The van der Waals surface area contributed by atoms with Crippen LogP contribution < -0.4 is 0 Å². The predicted molar refractivity (Wildman–Crippen MR) is 99.9 cm³/mol. The highest BCUT2D eigenvalue weighted by Crippen LogP contribution is 2.43. The molecule has 128 valence electrons. The monoisotopic (exact) mass is 325 g/mol. The molecule has 2 N–H and O–H groups in total. The van der Waals surface area contributed by atoms with Gasteiger partial charge in [-0.15, -0.1) is 0 Å². The zero-order chi connectivity index (χ0) is 18.0. The van der Waals surface area contributed by atoms with E-state index in [4.69, 9.17) is 0 Å². The van der Waals surface area contributed by atoms with Crippen LogP contribution >= 0.6 is 0 Å². The summed E-state index contributed by atoms with van der Waals surface area (Å²) in [6.07, 6.45) is 2.00. The van der Waals surface area contributed by atoms with E-state index >= 15 is 0 Å². The van der Waals surface area contributed by atoms with Crippen LogP contribution in [-0.2, 0) is 5.60 Å². The van der Waals surface area contributed by atoms with Gasteiger partial charge >= 0.3 is 0 Å². The molecule has 0 saturated carbocycles. The van der Waals surface area contributed by atoms with Crippen LogP contribution in [0.1, 0.15) is 31.9 Å². The van der Waals surface area contributed by atoms with Crippen LogP contribution in [0, 0.1) is 0 Å². The van der Waals surface area contributed by atoms with Crippen molar-refractivity contribution in [3.05, 3.63) is 71.3 Å². The predicted octanol–water partition coefficient (Wildman–Crippen LogP) is 4.02. The van der Waals surface area contributed by atoms with E-state index in [1.54, 1.807) is 18.2 Å². The van der Waals surface area contributed by atoms with Gasteiger partial charge in [0.15, 0.2) is 0 Å². The summed E-state index contributed by atoms with van der Waals surface area (Å²) in [6, 6.07) is 16.8. The molecule has 0 bridgehead atoms. The first-order chi connectivity index (χ1) is 11.2. The lowest BCUT2D eigenvalue weighted by Gasteiger charge is -2.48. The lowest BCUT2D eigenvalue weighted by atomic mass is 9.71. The molecule has 0 heterocycles. The minimum Gasteiger partial charge on any atom is -0.508 e. The molecule has 0 amide bonds. The Labute approximate surface area is 144 Å². The third-order valence-electron chi connectivity index (χ3n) is 5.02. The van der Waals surface area contributed by atoms with Crippen molar-refractivity contribution in [2.45, 2.75) is 31.9 Å². The number of benzene rings is 2. The molecule has 1 atom stereocenters. The summed E-state index contributed by atoms with van der Waals surface area (Å²) in [4.78, 5) is 2.00. The molecule has 3 heteroatoms. The molecule has 0 fully saturated rings. The van der Waals surface area contributed by atoms with Gasteiger partial charge in [0.2, 0.25) is 0 Å². The minimum absolute atomic E-state index is 0.146. The van der Waals surface area contributed by atoms with E-state index in [2.05, 4.69) is 0 Å². The van der Waals surface area contributed by atoms with E-state index in [0.29, 0.717) is 5.56 Å². The Morgan fingerprint density at radius 1 is 1.00 bits per heavy atom. The first kappa shape index (κ1) is 18.2. The molecular formula is C21H27NO2. The largest absolute Gasteiger partial charge is 0.508 e. The molecule has 3 nitrogen and oxygen atoms in total. The standard InChI is InChI=1S/C21H27NO2/c1-16(14-17-10-7-6-8-11-17)21(24,20(2,3)22(4)5)18-12-9-13-19(23)15-18/h6-15,23-24H,1-5H3. The van der Waals surface area contributed by atoms with Gasteiger partial charge in [-0.2, -0.15) is 0 Å². The van der Waals surface area contributed by atoms with E-state index in [9.17, 15) is 10.2 Å². The number of phenols is 1. The molecule has 2 rings (SSSR count). The topological polar surface area (TPSA) is 43.7 Å². The second-order valence-corrected chi connectivity index (χ2v) is 6.95. The van der Waals surface area contributed by atoms with E-state index in [1.165, 1.54) is 0 Å². The van der Waals surface area contributed by atoms with Crippen molar-refractivity contribution in [3.63, 3.8) is 0 Å². The van der Waals surface area contributed by atoms with Crippen molar-refractivity contribution < 1.29 is 10.2 Å². The molecule has 0 spiro atoms. The number of aliphatic hydroxyl groups is 1. The summed E-state index contributed by atoms with van der Waals surface area (Å²) in [5.74, 6) is 0.146. The summed E-state index contributed by atoms with van der Waals surface area (Å²) in [5.41, 5.74) is 0.674. The molecule has 2 aromatic rings. The van der Waals surface area contributed by atoms with Crippen LogP contribution in [0.3, 0.4) is 0 Å². The van der Waals surface area contributed by atoms with Gasteiger partial charge in [0.05, 0.1) is 5.54 Å². The first-order valence-electron chi connectivity index (χ1n) is 8.12. The summed E-state index contributed by atoms with van der Waals surface area (Å²) >= 11 is 0. The van der Waals surface area contributed by atoms with Crippen molar-refractivity contribution >= 4 is 6.08 Å². The van der Waals surface area contributed by atoms with Crippen LogP contribution in [0.25, 0.3) is 6.08 Å². The average Bonchev–Trinajstić information content (AvgIpc) is 2.54. The molecule has 0 aromatic heterocycles. The molecule has 0 aliphatic rings. The fraction of sp³-hybridized carbons (Fsp3) is 0.333. The Balaban J connectivity index is 2.65. The van der Waals surface area contributed by atoms with Crippen molar-refractivity contribution in [1.82, 2.24) is 4.90 Å². The molecular weight excluding hydrogens is 298 g/mol. The number of hydrogen-bond acceptors (Lipinski definition) is 3. The van der Waals surface area contributed by atoms with Crippen LogP contribution in [0.5, 0.6) is 5.75 Å². The maximum atomic E-state index is 11.8. The minimum atomic E-state index is -1.26. The zero-order valence-corrected chi connectivity index (χ0v) is 15.1. The average molecular weight is 325 g/mol. The Kier molecular flexibility index (Phi) is 5.16. The number of rotatable bonds is 5. The highest BCUT2D eigenvalue weighted by Gasteiger charge is 2.47. The fourth-order valence-electron chi connectivity index (χ4n) is 3.02. The maximum Gasteiger partial charge on any atom is 0.129 e. The maximum absolute atomic E-state index is 11.8. The molecule has 2 aromatic carbocycles. The van der Waals surface area contributed by atoms with Gasteiger partial charge in [-0.05, 0) is 63.7 Å². The number of phenolic OH excluding ortho intramolecular Hbond substituents is 1. The van der Waals surface area contributed by atoms with Gasteiger partial charge in [-0.1, -0.05) is 48.5 Å². The summed E-state index contributed by atoms with van der Waals surface area (Å²) < 4.78 is 0. The molecule has 1 unspecified atom stereocenters. The Hall–Kier alpha value is -2.10. The molecule has 0 saturated heterocycles.